The zero-order valence-corrected chi connectivity index (χ0v) is 16.4. The largest absolute Gasteiger partial charge is 0.350 e. The molecular weight excluding hydrogens is 378 g/mol. The number of amides is 1. The summed E-state index contributed by atoms with van der Waals surface area (Å²) < 4.78 is 3.42. The van der Waals surface area contributed by atoms with E-state index in [1.807, 2.05) is 27.1 Å². The van der Waals surface area contributed by atoms with Crippen LogP contribution in [0.3, 0.4) is 0 Å². The minimum absolute atomic E-state index is 0.0630. The molecule has 4 aromatic rings. The van der Waals surface area contributed by atoms with E-state index in [-0.39, 0.29) is 17.5 Å². The van der Waals surface area contributed by atoms with E-state index in [2.05, 4.69) is 25.7 Å². The Labute approximate surface area is 164 Å². The molecule has 0 fully saturated rings. The van der Waals surface area contributed by atoms with Crippen molar-refractivity contribution in [1.29, 1.82) is 0 Å². The Morgan fingerprint density at radius 1 is 1.36 bits per heavy atom. The third-order valence-corrected chi connectivity index (χ3v) is 4.88. The molecule has 0 unspecified atom stereocenters. The van der Waals surface area contributed by atoms with E-state index in [0.717, 1.165) is 5.69 Å². The number of H-pyrrole nitrogens is 1. The number of nitrogens with one attached hydrogen (secondary N) is 3. The maximum absolute atomic E-state index is 12.6. The Balaban J connectivity index is 1.62. The molecule has 10 heteroatoms. The van der Waals surface area contributed by atoms with Crippen LogP contribution < -0.4 is 16.2 Å². The molecule has 0 saturated heterocycles. The molecule has 9 nitrogen and oxygen atoms in total. The number of anilines is 2. The summed E-state index contributed by atoms with van der Waals surface area (Å²) in [4.78, 5) is 31.9. The van der Waals surface area contributed by atoms with Gasteiger partial charge < -0.3 is 15.2 Å². The van der Waals surface area contributed by atoms with E-state index in [9.17, 15) is 9.59 Å². The summed E-state index contributed by atoms with van der Waals surface area (Å²) in [6.45, 7) is 3.82. The molecule has 0 spiro atoms. The fourth-order valence-corrected chi connectivity index (χ4v) is 3.62. The third kappa shape index (κ3) is 3.41. The summed E-state index contributed by atoms with van der Waals surface area (Å²) in [7, 11) is 1.82. The number of aromatic amines is 1. The molecule has 0 aliphatic heterocycles. The molecule has 0 atom stereocenters. The molecule has 0 bridgehead atoms. The van der Waals surface area contributed by atoms with E-state index < -0.39 is 0 Å². The maximum Gasteiger partial charge on any atom is 0.277 e. The Hall–Kier alpha value is -3.40. The average Bonchev–Trinajstić information content (AvgIpc) is 3.33. The van der Waals surface area contributed by atoms with Crippen LogP contribution in [0.5, 0.6) is 0 Å². The van der Waals surface area contributed by atoms with Crippen LogP contribution >= 0.6 is 11.3 Å². The van der Waals surface area contributed by atoms with Crippen molar-refractivity contribution in [3.05, 3.63) is 52.0 Å². The minimum atomic E-state index is -0.268. The van der Waals surface area contributed by atoms with Gasteiger partial charge in [-0.05, 0) is 26.0 Å². The van der Waals surface area contributed by atoms with Gasteiger partial charge in [-0.1, -0.05) is 0 Å². The molecular formula is C18H19N7O2S. The molecule has 28 heavy (non-hydrogen) atoms. The fraction of sp³-hybridized carbons (Fsp3) is 0.222. The third-order valence-electron chi connectivity index (χ3n) is 4.04. The number of rotatable bonds is 5. The fourth-order valence-electron chi connectivity index (χ4n) is 2.84. The van der Waals surface area contributed by atoms with E-state index in [0.29, 0.717) is 27.5 Å². The highest BCUT2D eigenvalue weighted by Crippen LogP contribution is 2.24. The molecule has 0 saturated carbocycles. The summed E-state index contributed by atoms with van der Waals surface area (Å²) in [5.74, 6) is 0.184. The summed E-state index contributed by atoms with van der Waals surface area (Å²) in [6.07, 6.45) is 5.29. The van der Waals surface area contributed by atoms with E-state index in [1.54, 1.807) is 39.2 Å². The normalized spacial score (nSPS) is 11.3. The van der Waals surface area contributed by atoms with Crippen molar-refractivity contribution in [1.82, 2.24) is 29.6 Å². The van der Waals surface area contributed by atoms with E-state index >= 15 is 0 Å². The van der Waals surface area contributed by atoms with Crippen molar-refractivity contribution in [3.63, 3.8) is 0 Å². The lowest BCUT2D eigenvalue weighted by molar-refractivity contribution is 0.0943. The smallest absolute Gasteiger partial charge is 0.277 e. The summed E-state index contributed by atoms with van der Waals surface area (Å²) in [5, 5.41) is 12.5. The first-order valence-electron chi connectivity index (χ1n) is 8.67. The Kier molecular flexibility index (Phi) is 4.47. The lowest BCUT2D eigenvalue weighted by Gasteiger charge is -2.06. The number of thiophene rings is 1. The Morgan fingerprint density at radius 3 is 2.89 bits per heavy atom. The summed E-state index contributed by atoms with van der Waals surface area (Å²) in [5.41, 5.74) is 2.08. The molecule has 3 N–H and O–H groups in total. The molecule has 0 radical (unpaired) electrons. The SMILES string of the molecule is CC(C)NC(=O)c1csc(Nc2nc3ccn(-c4cnn(C)c4)c3c(=O)[nH]2)c1. The van der Waals surface area contributed by atoms with Crippen LogP contribution in [0.2, 0.25) is 0 Å². The first-order chi connectivity index (χ1) is 13.4. The second-order valence-electron chi connectivity index (χ2n) is 6.66. The van der Waals surface area contributed by atoms with E-state index in [1.165, 1.54) is 11.3 Å². The van der Waals surface area contributed by atoms with Crippen LogP contribution in [0.1, 0.15) is 24.2 Å². The summed E-state index contributed by atoms with van der Waals surface area (Å²) >= 11 is 1.37. The van der Waals surface area contributed by atoms with Crippen molar-refractivity contribution in [2.24, 2.45) is 7.05 Å². The standard InChI is InChI=1S/C18H19N7O2S/c1-10(2)20-16(26)11-6-14(28-9-11)22-18-21-13-4-5-25(15(13)17(27)23-18)12-7-19-24(3)8-12/h4-10H,1-3H3,(H,20,26)(H2,21,22,23,27). The number of fused-ring (bicyclic) bond motifs is 1. The molecule has 144 valence electrons. The van der Waals surface area contributed by atoms with E-state index in [4.69, 9.17) is 0 Å². The number of hydrogen-bond acceptors (Lipinski definition) is 6. The number of carbonyl (C=O) groups excluding carboxylic acids is 1. The first-order valence-corrected chi connectivity index (χ1v) is 9.55. The predicted molar refractivity (Wildman–Crippen MR) is 109 cm³/mol. The van der Waals surface area contributed by atoms with Crippen molar-refractivity contribution in [3.8, 4) is 5.69 Å². The van der Waals surface area contributed by atoms with Gasteiger partial charge in [0.05, 0.1) is 28.0 Å². The average molecular weight is 397 g/mol. The van der Waals surface area contributed by atoms with Crippen molar-refractivity contribution in [2.75, 3.05) is 5.32 Å². The number of nitrogens with zero attached hydrogens (tertiary/aromatic N) is 4. The minimum Gasteiger partial charge on any atom is -0.350 e. The second-order valence-corrected chi connectivity index (χ2v) is 7.57. The molecule has 0 aliphatic carbocycles. The van der Waals surface area contributed by atoms with Gasteiger partial charge in [-0.25, -0.2) is 4.98 Å². The van der Waals surface area contributed by atoms with Crippen LogP contribution in [0.15, 0.2) is 40.9 Å². The quantitative estimate of drug-likeness (QED) is 0.479. The van der Waals surface area contributed by atoms with Crippen LogP contribution in [0.25, 0.3) is 16.7 Å². The molecule has 4 aromatic heterocycles. The zero-order chi connectivity index (χ0) is 19.8. The Morgan fingerprint density at radius 2 is 2.18 bits per heavy atom. The van der Waals surface area contributed by atoms with Gasteiger partial charge >= 0.3 is 0 Å². The van der Waals surface area contributed by atoms with Crippen LogP contribution in [-0.2, 0) is 7.05 Å². The van der Waals surface area contributed by atoms with Gasteiger partial charge in [0, 0.05) is 30.9 Å². The van der Waals surface area contributed by atoms with Crippen LogP contribution in [-0.4, -0.2) is 36.3 Å². The topological polar surface area (TPSA) is 110 Å². The highest BCUT2D eigenvalue weighted by atomic mass is 32.1. The number of aryl methyl sites for hydroxylation is 1. The highest BCUT2D eigenvalue weighted by molar-refractivity contribution is 7.14. The van der Waals surface area contributed by atoms with Gasteiger partial charge in [0.1, 0.15) is 5.52 Å². The molecule has 1 amide bonds. The Bertz CT molecular complexity index is 1210. The van der Waals surface area contributed by atoms with Gasteiger partial charge in [0.25, 0.3) is 11.5 Å². The van der Waals surface area contributed by atoms with Crippen molar-refractivity contribution >= 4 is 39.2 Å². The van der Waals surface area contributed by atoms with Gasteiger partial charge in [-0.15, -0.1) is 11.3 Å². The molecule has 4 heterocycles. The van der Waals surface area contributed by atoms with Crippen LogP contribution in [0, 0.1) is 0 Å². The van der Waals surface area contributed by atoms with Gasteiger partial charge in [-0.3, -0.25) is 19.3 Å². The molecule has 0 aromatic carbocycles. The first kappa shape index (κ1) is 18.0. The lowest BCUT2D eigenvalue weighted by Crippen LogP contribution is -2.29. The van der Waals surface area contributed by atoms with Crippen LogP contribution in [0.4, 0.5) is 10.9 Å². The number of aromatic nitrogens is 5. The zero-order valence-electron chi connectivity index (χ0n) is 15.6. The molecule has 4 rings (SSSR count). The maximum atomic E-state index is 12.6. The van der Waals surface area contributed by atoms with Gasteiger partial charge in [-0.2, -0.15) is 5.10 Å². The number of carbonyl (C=O) groups is 1. The number of hydrogen-bond donors (Lipinski definition) is 3. The summed E-state index contributed by atoms with van der Waals surface area (Å²) in [6, 6.07) is 3.57. The predicted octanol–water partition coefficient (Wildman–Crippen LogP) is 2.39. The second kappa shape index (κ2) is 6.97. The van der Waals surface area contributed by atoms with Crippen molar-refractivity contribution < 1.29 is 4.79 Å². The monoisotopic (exact) mass is 397 g/mol. The highest BCUT2D eigenvalue weighted by Gasteiger charge is 2.13. The molecule has 0 aliphatic rings. The lowest BCUT2D eigenvalue weighted by atomic mass is 10.3. The van der Waals surface area contributed by atoms with Gasteiger partial charge in [0.15, 0.2) is 0 Å². The van der Waals surface area contributed by atoms with Crippen molar-refractivity contribution in [2.45, 2.75) is 19.9 Å². The van der Waals surface area contributed by atoms with Gasteiger partial charge in [0.2, 0.25) is 5.95 Å².